The molecule has 0 aliphatic heterocycles. The largest absolute Gasteiger partial charge is 0.481 e. The van der Waals surface area contributed by atoms with Gasteiger partial charge in [0.25, 0.3) is 0 Å². The standard InChI is InChI=1S/C13H25N3O4/c1-9(2)7-15(8-11(14)17)13(20)16(10(3)4)6-5-12(18)19/h9-10H,5-8H2,1-4H3,(H2,14,17)(H,18,19). The molecule has 0 rings (SSSR count). The summed E-state index contributed by atoms with van der Waals surface area (Å²) in [6, 6.07) is -0.502. The van der Waals surface area contributed by atoms with E-state index in [2.05, 4.69) is 0 Å². The van der Waals surface area contributed by atoms with Gasteiger partial charge in [0.15, 0.2) is 0 Å². The predicted molar refractivity (Wildman–Crippen MR) is 75.1 cm³/mol. The van der Waals surface area contributed by atoms with Gasteiger partial charge in [-0.1, -0.05) is 13.8 Å². The lowest BCUT2D eigenvalue weighted by atomic mass is 10.2. The zero-order chi connectivity index (χ0) is 15.9. The summed E-state index contributed by atoms with van der Waals surface area (Å²) in [6.45, 7) is 7.82. The summed E-state index contributed by atoms with van der Waals surface area (Å²) in [7, 11) is 0. The highest BCUT2D eigenvalue weighted by atomic mass is 16.4. The molecule has 7 heteroatoms. The van der Waals surface area contributed by atoms with Crippen LogP contribution in [0.4, 0.5) is 4.79 Å². The van der Waals surface area contributed by atoms with Crippen LogP contribution in [0.15, 0.2) is 0 Å². The molecule has 0 saturated heterocycles. The molecule has 0 aromatic rings. The van der Waals surface area contributed by atoms with Gasteiger partial charge in [-0.2, -0.15) is 0 Å². The number of hydrogen-bond acceptors (Lipinski definition) is 3. The van der Waals surface area contributed by atoms with E-state index < -0.39 is 11.9 Å². The van der Waals surface area contributed by atoms with Crippen LogP contribution in [-0.4, -0.2) is 58.5 Å². The Hall–Kier alpha value is -1.79. The molecular weight excluding hydrogens is 262 g/mol. The SMILES string of the molecule is CC(C)CN(CC(N)=O)C(=O)N(CCC(=O)O)C(C)C. The average molecular weight is 287 g/mol. The number of aliphatic carboxylic acids is 1. The minimum absolute atomic E-state index is 0.110. The lowest BCUT2D eigenvalue weighted by Crippen LogP contribution is -2.50. The third-order valence-corrected chi connectivity index (χ3v) is 2.64. The minimum Gasteiger partial charge on any atom is -0.481 e. The van der Waals surface area contributed by atoms with Gasteiger partial charge < -0.3 is 20.6 Å². The predicted octanol–water partition coefficient (Wildman–Crippen LogP) is 0.735. The molecule has 0 aromatic carbocycles. The second-order valence-electron chi connectivity index (χ2n) is 5.45. The molecule has 0 aliphatic rings. The summed E-state index contributed by atoms with van der Waals surface area (Å²) in [5.41, 5.74) is 5.16. The molecule has 0 aliphatic carbocycles. The zero-order valence-corrected chi connectivity index (χ0v) is 12.6. The monoisotopic (exact) mass is 287 g/mol. The molecule has 0 fully saturated rings. The average Bonchev–Trinajstić information content (AvgIpc) is 2.25. The van der Waals surface area contributed by atoms with Gasteiger partial charge in [-0.05, 0) is 19.8 Å². The van der Waals surface area contributed by atoms with Crippen LogP contribution in [0.5, 0.6) is 0 Å². The third-order valence-electron chi connectivity index (χ3n) is 2.64. The Morgan fingerprint density at radius 3 is 2.05 bits per heavy atom. The van der Waals surface area contributed by atoms with Crippen LogP contribution in [0.1, 0.15) is 34.1 Å². The molecule has 0 unspecified atom stereocenters. The van der Waals surface area contributed by atoms with Crippen LogP contribution < -0.4 is 5.73 Å². The van der Waals surface area contributed by atoms with Gasteiger partial charge in [0.05, 0.1) is 6.42 Å². The van der Waals surface area contributed by atoms with E-state index in [1.165, 1.54) is 9.80 Å². The number of nitrogens with zero attached hydrogens (tertiary/aromatic N) is 2. The Bertz CT molecular complexity index is 356. The number of rotatable bonds is 8. The Balaban J connectivity index is 4.93. The smallest absolute Gasteiger partial charge is 0.320 e. The Morgan fingerprint density at radius 1 is 1.15 bits per heavy atom. The van der Waals surface area contributed by atoms with Gasteiger partial charge >= 0.3 is 12.0 Å². The van der Waals surface area contributed by atoms with Crippen molar-refractivity contribution >= 4 is 17.9 Å². The third kappa shape index (κ3) is 6.96. The highest BCUT2D eigenvalue weighted by molar-refractivity contribution is 5.83. The second-order valence-corrected chi connectivity index (χ2v) is 5.45. The van der Waals surface area contributed by atoms with Crippen molar-refractivity contribution in [3.63, 3.8) is 0 Å². The van der Waals surface area contributed by atoms with Crippen molar-refractivity contribution < 1.29 is 19.5 Å². The van der Waals surface area contributed by atoms with E-state index in [0.717, 1.165) is 0 Å². The van der Waals surface area contributed by atoms with E-state index in [1.54, 1.807) is 13.8 Å². The summed E-state index contributed by atoms with van der Waals surface area (Å²) in [5, 5.41) is 8.73. The van der Waals surface area contributed by atoms with Crippen LogP contribution in [0.25, 0.3) is 0 Å². The number of primary amides is 1. The number of carboxylic acid groups (broad SMARTS) is 1. The number of carboxylic acids is 1. The van der Waals surface area contributed by atoms with E-state index in [9.17, 15) is 14.4 Å². The maximum atomic E-state index is 12.4. The van der Waals surface area contributed by atoms with Crippen molar-refractivity contribution in [1.82, 2.24) is 9.80 Å². The number of carbonyl (C=O) groups is 3. The van der Waals surface area contributed by atoms with Gasteiger partial charge in [0.1, 0.15) is 6.54 Å². The molecule has 116 valence electrons. The highest BCUT2D eigenvalue weighted by Gasteiger charge is 2.25. The molecule has 0 bridgehead atoms. The van der Waals surface area contributed by atoms with Crippen molar-refractivity contribution in [2.45, 2.75) is 40.2 Å². The summed E-state index contributed by atoms with van der Waals surface area (Å²) in [5.74, 6) is -1.36. The highest BCUT2D eigenvalue weighted by Crippen LogP contribution is 2.08. The molecule has 3 N–H and O–H groups in total. The molecule has 0 spiro atoms. The first-order chi connectivity index (χ1) is 9.15. The molecule has 0 radical (unpaired) electrons. The number of nitrogens with two attached hydrogens (primary N) is 1. The fraction of sp³-hybridized carbons (Fsp3) is 0.769. The Morgan fingerprint density at radius 2 is 1.70 bits per heavy atom. The lowest BCUT2D eigenvalue weighted by Gasteiger charge is -2.33. The lowest BCUT2D eigenvalue weighted by molar-refractivity contribution is -0.137. The Labute approximate surface area is 119 Å². The van der Waals surface area contributed by atoms with Gasteiger partial charge in [-0.25, -0.2) is 4.79 Å². The summed E-state index contributed by atoms with van der Waals surface area (Å²) in [6.07, 6.45) is -0.129. The van der Waals surface area contributed by atoms with Crippen molar-refractivity contribution in [2.75, 3.05) is 19.6 Å². The molecule has 20 heavy (non-hydrogen) atoms. The van der Waals surface area contributed by atoms with Gasteiger partial charge in [-0.15, -0.1) is 0 Å². The van der Waals surface area contributed by atoms with Gasteiger partial charge in [0, 0.05) is 19.1 Å². The fourth-order valence-electron chi connectivity index (χ4n) is 1.81. The topological polar surface area (TPSA) is 104 Å². The first kappa shape index (κ1) is 18.2. The minimum atomic E-state index is -0.964. The van der Waals surface area contributed by atoms with E-state index in [-0.39, 0.29) is 37.5 Å². The molecule has 0 aromatic heterocycles. The second kappa shape index (κ2) is 8.39. The van der Waals surface area contributed by atoms with Crippen LogP contribution in [0.2, 0.25) is 0 Å². The maximum Gasteiger partial charge on any atom is 0.320 e. The van der Waals surface area contributed by atoms with E-state index in [4.69, 9.17) is 10.8 Å². The molecule has 3 amide bonds. The number of carbonyl (C=O) groups excluding carboxylic acids is 2. The van der Waals surface area contributed by atoms with E-state index in [1.807, 2.05) is 13.8 Å². The quantitative estimate of drug-likeness (QED) is 0.686. The van der Waals surface area contributed by atoms with Crippen molar-refractivity contribution in [2.24, 2.45) is 11.7 Å². The Kier molecular flexibility index (Phi) is 7.64. The maximum absolute atomic E-state index is 12.4. The normalized spacial score (nSPS) is 10.7. The van der Waals surface area contributed by atoms with Crippen LogP contribution in [0, 0.1) is 5.92 Å². The molecule has 0 atom stereocenters. The summed E-state index contributed by atoms with van der Waals surface area (Å²) >= 11 is 0. The summed E-state index contributed by atoms with van der Waals surface area (Å²) < 4.78 is 0. The first-order valence-electron chi connectivity index (χ1n) is 6.70. The van der Waals surface area contributed by atoms with Gasteiger partial charge in [-0.3, -0.25) is 9.59 Å². The number of amides is 3. The van der Waals surface area contributed by atoms with Crippen LogP contribution in [0.3, 0.4) is 0 Å². The van der Waals surface area contributed by atoms with Crippen LogP contribution in [-0.2, 0) is 9.59 Å². The molecule has 0 saturated carbocycles. The van der Waals surface area contributed by atoms with Crippen molar-refractivity contribution in [3.05, 3.63) is 0 Å². The van der Waals surface area contributed by atoms with Crippen LogP contribution >= 0.6 is 0 Å². The molecule has 0 heterocycles. The molecular formula is C13H25N3O4. The van der Waals surface area contributed by atoms with Crippen molar-refractivity contribution in [1.29, 1.82) is 0 Å². The fourth-order valence-corrected chi connectivity index (χ4v) is 1.81. The number of hydrogen-bond donors (Lipinski definition) is 2. The molecule has 7 nitrogen and oxygen atoms in total. The number of urea groups is 1. The van der Waals surface area contributed by atoms with E-state index in [0.29, 0.717) is 6.54 Å². The van der Waals surface area contributed by atoms with Crippen molar-refractivity contribution in [3.8, 4) is 0 Å². The van der Waals surface area contributed by atoms with Gasteiger partial charge in [0.2, 0.25) is 5.91 Å². The zero-order valence-electron chi connectivity index (χ0n) is 12.6. The van der Waals surface area contributed by atoms with E-state index >= 15 is 0 Å². The summed E-state index contributed by atoms with van der Waals surface area (Å²) in [4.78, 5) is 37.0. The first-order valence-corrected chi connectivity index (χ1v) is 6.70.